The second-order valence-electron chi connectivity index (χ2n) is 4.72. The summed E-state index contributed by atoms with van der Waals surface area (Å²) in [6, 6.07) is 6.77. The number of hydrogen-bond donors (Lipinski definition) is 1. The lowest BCUT2D eigenvalue weighted by molar-refractivity contribution is -0.130. The summed E-state index contributed by atoms with van der Waals surface area (Å²) in [5, 5.41) is 8.46. The second-order valence-corrected chi connectivity index (χ2v) is 5.15. The molecule has 0 aliphatic carbocycles. The van der Waals surface area contributed by atoms with Crippen molar-refractivity contribution in [1.29, 1.82) is 0 Å². The van der Waals surface area contributed by atoms with Gasteiger partial charge in [-0.15, -0.1) is 0 Å². The Morgan fingerprint density at radius 2 is 2.29 bits per heavy atom. The number of rotatable bonds is 4. The highest BCUT2D eigenvalue weighted by Crippen LogP contribution is 2.18. The van der Waals surface area contributed by atoms with Gasteiger partial charge in [-0.3, -0.25) is 10.1 Å². The summed E-state index contributed by atoms with van der Waals surface area (Å²) in [6.45, 7) is 1.93. The van der Waals surface area contributed by atoms with E-state index in [4.69, 9.17) is 16.3 Å². The smallest absolute Gasteiger partial charge is 0.411 e. The molecule has 0 fully saturated rings. The Kier molecular flexibility index (Phi) is 4.80. The Bertz CT molecular complexity index is 589. The fourth-order valence-electron chi connectivity index (χ4n) is 2.08. The molecular formula is C14H16ClN3O3. The number of amides is 2. The number of hydrazone groups is 1. The van der Waals surface area contributed by atoms with Crippen LogP contribution in [0.5, 0.6) is 0 Å². The number of nitrogens with one attached hydrogen (secondary N) is 1. The predicted octanol–water partition coefficient (Wildman–Crippen LogP) is 2.74. The molecule has 6 nitrogen and oxygen atoms in total. The number of benzene rings is 1. The van der Waals surface area contributed by atoms with Crippen molar-refractivity contribution in [2.75, 3.05) is 19.0 Å². The lowest BCUT2D eigenvalue weighted by Crippen LogP contribution is -2.26. The first-order chi connectivity index (χ1) is 9.97. The van der Waals surface area contributed by atoms with E-state index in [0.717, 1.165) is 5.71 Å². The van der Waals surface area contributed by atoms with E-state index < -0.39 is 6.09 Å². The van der Waals surface area contributed by atoms with Gasteiger partial charge in [-0.05, 0) is 31.5 Å². The van der Waals surface area contributed by atoms with Crippen molar-refractivity contribution < 1.29 is 14.3 Å². The monoisotopic (exact) mass is 309 g/mol. The number of halogens is 1. The van der Waals surface area contributed by atoms with Crippen LogP contribution in [0.2, 0.25) is 5.02 Å². The summed E-state index contributed by atoms with van der Waals surface area (Å²) in [5.74, 6) is -0.389. The zero-order chi connectivity index (χ0) is 15.4. The fraction of sp³-hybridized carbons (Fsp3) is 0.357. The van der Waals surface area contributed by atoms with Gasteiger partial charge in [-0.1, -0.05) is 17.7 Å². The van der Waals surface area contributed by atoms with Crippen molar-refractivity contribution >= 4 is 35.0 Å². The zero-order valence-electron chi connectivity index (χ0n) is 11.8. The molecule has 0 unspecified atom stereocenters. The number of nitrogens with zero attached hydrogens (tertiary/aromatic N) is 2. The maximum absolute atomic E-state index is 11.8. The molecule has 1 aliphatic rings. The van der Waals surface area contributed by atoms with Gasteiger partial charge in [0.15, 0.2) is 0 Å². The molecule has 1 aromatic carbocycles. The molecule has 0 spiro atoms. The molecule has 21 heavy (non-hydrogen) atoms. The number of carbonyl (C=O) groups excluding carboxylic acids is 2. The third-order valence-corrected chi connectivity index (χ3v) is 3.37. The summed E-state index contributed by atoms with van der Waals surface area (Å²) in [4.78, 5) is 23.4. The number of anilines is 1. The number of carbonyl (C=O) groups is 2. The summed E-state index contributed by atoms with van der Waals surface area (Å²) >= 11 is 5.82. The molecule has 2 rings (SSSR count). The van der Waals surface area contributed by atoms with Gasteiger partial charge in [0.25, 0.3) is 5.91 Å². The van der Waals surface area contributed by atoms with Crippen LogP contribution < -0.4 is 5.32 Å². The molecule has 0 aromatic heterocycles. The molecule has 7 heteroatoms. The van der Waals surface area contributed by atoms with Gasteiger partial charge >= 0.3 is 6.09 Å². The summed E-state index contributed by atoms with van der Waals surface area (Å²) in [5.41, 5.74) is 1.29. The van der Waals surface area contributed by atoms with Crippen LogP contribution in [0.4, 0.5) is 10.5 Å². The van der Waals surface area contributed by atoms with Gasteiger partial charge in [-0.2, -0.15) is 5.10 Å². The van der Waals surface area contributed by atoms with E-state index in [2.05, 4.69) is 10.4 Å². The Morgan fingerprint density at radius 3 is 2.90 bits per heavy atom. The first-order valence-electron chi connectivity index (χ1n) is 6.49. The molecule has 1 N–H and O–H groups in total. The first-order valence-corrected chi connectivity index (χ1v) is 6.87. The molecule has 0 radical (unpaired) electrons. The molecule has 1 atom stereocenters. The van der Waals surface area contributed by atoms with Crippen molar-refractivity contribution in [3.05, 3.63) is 29.3 Å². The fourth-order valence-corrected chi connectivity index (χ4v) is 2.27. The van der Waals surface area contributed by atoms with Crippen LogP contribution in [-0.2, 0) is 9.53 Å². The van der Waals surface area contributed by atoms with Crippen LogP contribution in [0.25, 0.3) is 0 Å². The maximum Gasteiger partial charge on any atom is 0.411 e. The van der Waals surface area contributed by atoms with Gasteiger partial charge in [-0.25, -0.2) is 9.80 Å². The maximum atomic E-state index is 11.8. The van der Waals surface area contributed by atoms with Crippen molar-refractivity contribution in [1.82, 2.24) is 5.01 Å². The normalized spacial score (nSPS) is 17.7. The standard InChI is InChI=1S/C14H16ClN3O3/c1-9-12(13(19)18(2)17-9)6-7-21-14(20)16-11-5-3-4-10(15)8-11/h3-5,8,12H,6-7H2,1-2H3,(H,16,20)/t12-/m0/s1. The van der Waals surface area contributed by atoms with Crippen LogP contribution >= 0.6 is 11.6 Å². The average molecular weight is 310 g/mol. The van der Waals surface area contributed by atoms with E-state index in [1.165, 1.54) is 5.01 Å². The van der Waals surface area contributed by atoms with Crippen LogP contribution in [-0.4, -0.2) is 36.4 Å². The average Bonchev–Trinajstić information content (AvgIpc) is 2.65. The van der Waals surface area contributed by atoms with Crippen LogP contribution in [0.1, 0.15) is 13.3 Å². The Balaban J connectivity index is 1.77. The van der Waals surface area contributed by atoms with E-state index in [9.17, 15) is 9.59 Å². The minimum Gasteiger partial charge on any atom is -0.449 e. The summed E-state index contributed by atoms with van der Waals surface area (Å²) < 4.78 is 5.06. The highest BCUT2D eigenvalue weighted by Gasteiger charge is 2.30. The van der Waals surface area contributed by atoms with Gasteiger partial charge < -0.3 is 4.74 Å². The van der Waals surface area contributed by atoms with E-state index in [1.807, 2.05) is 0 Å². The first kappa shape index (κ1) is 15.3. The molecule has 2 amide bonds. The Labute approximate surface area is 127 Å². The highest BCUT2D eigenvalue weighted by atomic mass is 35.5. The van der Waals surface area contributed by atoms with Gasteiger partial charge in [0.2, 0.25) is 0 Å². The molecule has 1 aliphatic heterocycles. The van der Waals surface area contributed by atoms with Crippen molar-refractivity contribution in [2.45, 2.75) is 13.3 Å². The van der Waals surface area contributed by atoms with Crippen LogP contribution in [0.15, 0.2) is 29.4 Å². The second kappa shape index (κ2) is 6.58. The minimum absolute atomic E-state index is 0.0775. The molecular weight excluding hydrogens is 294 g/mol. The van der Waals surface area contributed by atoms with E-state index in [1.54, 1.807) is 38.2 Å². The summed E-state index contributed by atoms with van der Waals surface area (Å²) in [6.07, 6.45) is -0.160. The van der Waals surface area contributed by atoms with E-state index in [-0.39, 0.29) is 18.4 Å². The third-order valence-electron chi connectivity index (χ3n) is 3.14. The Morgan fingerprint density at radius 1 is 1.52 bits per heavy atom. The van der Waals surface area contributed by atoms with Gasteiger partial charge in [0.1, 0.15) is 0 Å². The highest BCUT2D eigenvalue weighted by molar-refractivity contribution is 6.30. The SMILES string of the molecule is CC1=NN(C)C(=O)[C@H]1CCOC(=O)Nc1cccc(Cl)c1. The number of ether oxygens (including phenoxy) is 1. The van der Waals surface area contributed by atoms with E-state index in [0.29, 0.717) is 17.1 Å². The molecule has 0 saturated heterocycles. The molecule has 1 aromatic rings. The Hall–Kier alpha value is -2.08. The van der Waals surface area contributed by atoms with E-state index >= 15 is 0 Å². The molecule has 0 bridgehead atoms. The van der Waals surface area contributed by atoms with Crippen molar-refractivity contribution in [3.63, 3.8) is 0 Å². The molecule has 112 valence electrons. The quantitative estimate of drug-likeness (QED) is 0.929. The van der Waals surface area contributed by atoms with Gasteiger partial charge in [0.05, 0.1) is 12.5 Å². The van der Waals surface area contributed by atoms with Gasteiger partial charge in [0, 0.05) is 23.5 Å². The third kappa shape index (κ3) is 3.95. The minimum atomic E-state index is -0.578. The number of hydrogen-bond acceptors (Lipinski definition) is 4. The molecule has 0 saturated carbocycles. The summed E-state index contributed by atoms with van der Waals surface area (Å²) in [7, 11) is 1.61. The molecule has 1 heterocycles. The predicted molar refractivity (Wildman–Crippen MR) is 80.4 cm³/mol. The largest absolute Gasteiger partial charge is 0.449 e. The van der Waals surface area contributed by atoms with Crippen molar-refractivity contribution in [2.24, 2.45) is 11.0 Å². The van der Waals surface area contributed by atoms with Crippen LogP contribution in [0, 0.1) is 5.92 Å². The topological polar surface area (TPSA) is 71.0 Å². The zero-order valence-corrected chi connectivity index (χ0v) is 12.6. The van der Waals surface area contributed by atoms with Crippen LogP contribution in [0.3, 0.4) is 0 Å². The van der Waals surface area contributed by atoms with Crippen molar-refractivity contribution in [3.8, 4) is 0 Å². The lowest BCUT2D eigenvalue weighted by atomic mass is 10.0. The lowest BCUT2D eigenvalue weighted by Gasteiger charge is -2.11.